The highest BCUT2D eigenvalue weighted by atomic mass is 32.2. The number of benzene rings is 2. The average Bonchev–Trinajstić information content (AvgIpc) is 3.60. The second-order valence-corrected chi connectivity index (χ2v) is 10.5. The maximum Gasteiger partial charge on any atom is 0.341 e. The van der Waals surface area contributed by atoms with Crippen molar-refractivity contribution in [2.45, 2.75) is 38.4 Å². The summed E-state index contributed by atoms with van der Waals surface area (Å²) in [5.74, 6) is 1.56. The molecule has 210 valence electrons. The number of ether oxygens (including phenoxy) is 3. The zero-order chi connectivity index (χ0) is 28.5. The summed E-state index contributed by atoms with van der Waals surface area (Å²) in [6.07, 6.45) is 2.10. The van der Waals surface area contributed by atoms with Gasteiger partial charge in [0, 0.05) is 23.1 Å². The van der Waals surface area contributed by atoms with E-state index in [2.05, 4.69) is 22.4 Å². The molecule has 2 aromatic carbocycles. The largest absolute Gasteiger partial charge is 0.497 e. The van der Waals surface area contributed by atoms with Crippen LogP contribution in [-0.2, 0) is 16.1 Å². The second kappa shape index (κ2) is 14.0. The number of hydrogen-bond acceptors (Lipinski definition) is 9. The van der Waals surface area contributed by atoms with E-state index in [1.807, 2.05) is 65.4 Å². The van der Waals surface area contributed by atoms with Gasteiger partial charge in [-0.15, -0.1) is 21.5 Å². The third-order valence-corrected chi connectivity index (χ3v) is 7.94. The average molecular weight is 581 g/mol. The summed E-state index contributed by atoms with van der Waals surface area (Å²) < 4.78 is 18.0. The van der Waals surface area contributed by atoms with E-state index in [4.69, 9.17) is 14.2 Å². The molecule has 0 atom stereocenters. The van der Waals surface area contributed by atoms with Crippen molar-refractivity contribution in [2.75, 3.05) is 31.9 Å². The third-order valence-electron chi connectivity index (χ3n) is 6.08. The Bertz CT molecular complexity index is 1430. The fourth-order valence-corrected chi connectivity index (χ4v) is 5.73. The fourth-order valence-electron chi connectivity index (χ4n) is 3.96. The van der Waals surface area contributed by atoms with Gasteiger partial charge in [-0.2, -0.15) is 0 Å². The molecule has 1 N–H and O–H groups in total. The monoisotopic (exact) mass is 580 g/mol. The van der Waals surface area contributed by atoms with Crippen LogP contribution in [-0.4, -0.2) is 53.2 Å². The lowest BCUT2D eigenvalue weighted by molar-refractivity contribution is -0.113. The lowest BCUT2D eigenvalue weighted by Gasteiger charge is -2.10. The fraction of sp³-hybridized carbons (Fsp3) is 0.310. The number of hydrogen-bond donors (Lipinski definition) is 1. The number of aromatic nitrogens is 3. The van der Waals surface area contributed by atoms with E-state index in [0.29, 0.717) is 40.2 Å². The first-order chi connectivity index (χ1) is 19.5. The van der Waals surface area contributed by atoms with Crippen LogP contribution in [0.2, 0.25) is 0 Å². The summed E-state index contributed by atoms with van der Waals surface area (Å²) in [5, 5.41) is 14.5. The van der Waals surface area contributed by atoms with Crippen LogP contribution in [0.4, 0.5) is 5.00 Å². The lowest BCUT2D eigenvalue weighted by atomic mass is 10.0. The Morgan fingerprint density at radius 3 is 2.33 bits per heavy atom. The molecular formula is C29H32N4O5S2. The van der Waals surface area contributed by atoms with Crippen LogP contribution >= 0.6 is 23.1 Å². The molecule has 0 aliphatic rings. The smallest absolute Gasteiger partial charge is 0.341 e. The highest BCUT2D eigenvalue weighted by molar-refractivity contribution is 7.99. The predicted molar refractivity (Wildman–Crippen MR) is 159 cm³/mol. The molecule has 0 aliphatic heterocycles. The maximum atomic E-state index is 12.9. The van der Waals surface area contributed by atoms with Gasteiger partial charge >= 0.3 is 5.97 Å². The number of nitrogens with one attached hydrogen (secondary N) is 1. The second-order valence-electron chi connectivity index (χ2n) is 8.69. The zero-order valence-electron chi connectivity index (χ0n) is 22.9. The number of carbonyl (C=O) groups excluding carboxylic acids is 2. The molecule has 0 aliphatic carbocycles. The van der Waals surface area contributed by atoms with Gasteiger partial charge in [0.05, 0.1) is 26.6 Å². The Morgan fingerprint density at radius 1 is 0.975 bits per heavy atom. The minimum Gasteiger partial charge on any atom is -0.497 e. The van der Waals surface area contributed by atoms with Crippen LogP contribution in [0.3, 0.4) is 0 Å². The summed E-state index contributed by atoms with van der Waals surface area (Å²) in [5.41, 5.74) is 2.73. The molecule has 4 rings (SSSR count). The Kier molecular flexibility index (Phi) is 10.2. The first kappa shape index (κ1) is 29.2. The van der Waals surface area contributed by atoms with Gasteiger partial charge < -0.3 is 24.1 Å². The SMILES string of the molecule is CCCCOc1ccc(-c2nnc(SCC(=O)Nc3scc(-c4ccc(OC)cc4)c3C(=O)OC)n2CC)cc1. The van der Waals surface area contributed by atoms with E-state index < -0.39 is 5.97 Å². The van der Waals surface area contributed by atoms with E-state index in [1.54, 1.807) is 7.11 Å². The summed E-state index contributed by atoms with van der Waals surface area (Å²) in [7, 11) is 2.91. The van der Waals surface area contributed by atoms with Gasteiger partial charge in [-0.05, 0) is 55.3 Å². The van der Waals surface area contributed by atoms with Crippen molar-refractivity contribution in [3.05, 3.63) is 59.5 Å². The van der Waals surface area contributed by atoms with Gasteiger partial charge in [0.2, 0.25) is 5.91 Å². The molecule has 40 heavy (non-hydrogen) atoms. The number of esters is 1. The molecule has 2 aromatic heterocycles. The van der Waals surface area contributed by atoms with Crippen molar-refractivity contribution in [3.8, 4) is 34.0 Å². The van der Waals surface area contributed by atoms with Crippen molar-refractivity contribution in [1.82, 2.24) is 14.8 Å². The number of rotatable bonds is 13. The highest BCUT2D eigenvalue weighted by Gasteiger charge is 2.23. The predicted octanol–water partition coefficient (Wildman–Crippen LogP) is 6.40. The standard InChI is InChI=1S/C29H32N4O5S2/c1-5-7-16-38-22-14-10-20(11-15-22)26-31-32-29(33(26)6-2)40-18-24(34)30-27-25(28(35)37-4)23(17-39-27)19-8-12-21(36-3)13-9-19/h8-15,17H,5-7,16,18H2,1-4H3,(H,30,34). The van der Waals surface area contributed by atoms with E-state index in [0.717, 1.165) is 35.5 Å². The summed E-state index contributed by atoms with van der Waals surface area (Å²) in [4.78, 5) is 25.6. The molecule has 0 saturated heterocycles. The third kappa shape index (κ3) is 6.83. The Balaban J connectivity index is 1.44. The summed E-state index contributed by atoms with van der Waals surface area (Å²) >= 11 is 2.56. The number of thioether (sulfide) groups is 1. The molecule has 2 heterocycles. The molecule has 0 fully saturated rings. The van der Waals surface area contributed by atoms with Crippen LogP contribution in [0.5, 0.6) is 11.5 Å². The Labute approximate surface area is 241 Å². The molecule has 0 spiro atoms. The van der Waals surface area contributed by atoms with E-state index in [-0.39, 0.29) is 11.7 Å². The van der Waals surface area contributed by atoms with Gasteiger partial charge in [-0.25, -0.2) is 4.79 Å². The van der Waals surface area contributed by atoms with Crippen molar-refractivity contribution in [3.63, 3.8) is 0 Å². The van der Waals surface area contributed by atoms with Crippen molar-refractivity contribution in [1.29, 1.82) is 0 Å². The number of thiophene rings is 1. The van der Waals surface area contributed by atoms with Crippen LogP contribution in [0.25, 0.3) is 22.5 Å². The lowest BCUT2D eigenvalue weighted by Crippen LogP contribution is -2.16. The number of unbranched alkanes of at least 4 members (excludes halogenated alkanes) is 1. The Hall–Kier alpha value is -3.83. The highest BCUT2D eigenvalue weighted by Crippen LogP contribution is 2.37. The number of nitrogens with zero attached hydrogens (tertiary/aromatic N) is 3. The molecule has 0 radical (unpaired) electrons. The van der Waals surface area contributed by atoms with Crippen molar-refractivity contribution < 1.29 is 23.8 Å². The molecule has 0 unspecified atom stereocenters. The van der Waals surface area contributed by atoms with E-state index in [9.17, 15) is 9.59 Å². The molecule has 9 nitrogen and oxygen atoms in total. The van der Waals surface area contributed by atoms with E-state index >= 15 is 0 Å². The summed E-state index contributed by atoms with van der Waals surface area (Å²) in [6.45, 7) is 5.47. The molecule has 0 bridgehead atoms. The normalized spacial score (nSPS) is 10.8. The van der Waals surface area contributed by atoms with Crippen LogP contribution in [0.1, 0.15) is 37.0 Å². The molecular weight excluding hydrogens is 548 g/mol. The zero-order valence-corrected chi connectivity index (χ0v) is 24.6. The van der Waals surface area contributed by atoms with Gasteiger partial charge in [0.1, 0.15) is 22.1 Å². The quantitative estimate of drug-likeness (QED) is 0.110. The summed E-state index contributed by atoms with van der Waals surface area (Å²) in [6, 6.07) is 15.1. The van der Waals surface area contributed by atoms with Crippen LogP contribution in [0, 0.1) is 0 Å². The number of amides is 1. The molecule has 11 heteroatoms. The van der Waals surface area contributed by atoms with Gasteiger partial charge in [0.25, 0.3) is 0 Å². The number of anilines is 1. The first-order valence-electron chi connectivity index (χ1n) is 12.9. The molecule has 0 saturated carbocycles. The van der Waals surface area contributed by atoms with Crippen LogP contribution in [0.15, 0.2) is 59.1 Å². The van der Waals surface area contributed by atoms with Gasteiger partial charge in [-0.3, -0.25) is 4.79 Å². The molecule has 4 aromatic rings. The number of methoxy groups -OCH3 is 2. The minimum atomic E-state index is -0.521. The van der Waals surface area contributed by atoms with Gasteiger partial charge in [0.15, 0.2) is 11.0 Å². The minimum absolute atomic E-state index is 0.0960. The van der Waals surface area contributed by atoms with Gasteiger partial charge in [-0.1, -0.05) is 37.2 Å². The van der Waals surface area contributed by atoms with Crippen molar-refractivity contribution in [2.24, 2.45) is 0 Å². The van der Waals surface area contributed by atoms with E-state index in [1.165, 1.54) is 30.2 Å². The maximum absolute atomic E-state index is 12.9. The van der Waals surface area contributed by atoms with Crippen LogP contribution < -0.4 is 14.8 Å². The number of carbonyl (C=O) groups is 2. The van der Waals surface area contributed by atoms with Crippen molar-refractivity contribution >= 4 is 40.0 Å². The Morgan fingerprint density at radius 2 is 1.68 bits per heavy atom. The topological polar surface area (TPSA) is 105 Å². The molecule has 1 amide bonds. The first-order valence-corrected chi connectivity index (χ1v) is 14.8.